The lowest BCUT2D eigenvalue weighted by molar-refractivity contribution is 0.309. The third-order valence-electron chi connectivity index (χ3n) is 3.76. The summed E-state index contributed by atoms with van der Waals surface area (Å²) >= 11 is 0. The van der Waals surface area contributed by atoms with Crippen LogP contribution >= 0.6 is 0 Å². The Morgan fingerprint density at radius 3 is 2.45 bits per heavy atom. The normalized spacial score (nSPS) is 10.6. The van der Waals surface area contributed by atoms with Gasteiger partial charge in [-0.25, -0.2) is 0 Å². The fourth-order valence-electron chi connectivity index (χ4n) is 2.43. The number of rotatable bonds is 5. The number of hydrogen-bond donors (Lipinski definition) is 0. The summed E-state index contributed by atoms with van der Waals surface area (Å²) in [5.41, 5.74) is 6.25. The Bertz CT molecular complexity index is 569. The van der Waals surface area contributed by atoms with Crippen molar-refractivity contribution in [1.82, 2.24) is 4.98 Å². The Morgan fingerprint density at radius 1 is 1.05 bits per heavy atom. The zero-order valence-electron chi connectivity index (χ0n) is 12.8. The van der Waals surface area contributed by atoms with Gasteiger partial charge in [0.05, 0.1) is 12.3 Å². The molecular weight excluding hydrogens is 245 g/mol. The first kappa shape index (κ1) is 14.8. The van der Waals surface area contributed by atoms with Crippen LogP contribution in [0.15, 0.2) is 36.5 Å². The van der Waals surface area contributed by atoms with Gasteiger partial charge in [0.25, 0.3) is 0 Å². The summed E-state index contributed by atoms with van der Waals surface area (Å²) in [5.74, 6) is 0. The highest BCUT2D eigenvalue weighted by atomic mass is 16.4. The first-order chi connectivity index (χ1) is 9.61. The topological polar surface area (TPSA) is 22.1 Å². The molecule has 104 valence electrons. The maximum Gasteiger partial charge on any atom is 0.327 e. The quantitative estimate of drug-likeness (QED) is 0.774. The smallest absolute Gasteiger partial charge is 0.327 e. The number of aromatic nitrogens is 1. The van der Waals surface area contributed by atoms with Crippen LogP contribution in [-0.2, 0) is 11.3 Å². The van der Waals surface area contributed by atoms with E-state index in [0.717, 1.165) is 12.0 Å². The molecule has 0 saturated heterocycles. The van der Waals surface area contributed by atoms with E-state index in [1.54, 1.807) is 6.20 Å². The standard InChI is InChI=1S/C17H22BNO/c1-5-18(20-12-16-8-6-7-9-19-16)17-11-14(3)13(2)10-15(17)4/h6-11H,5,12H2,1-4H3. The third kappa shape index (κ3) is 3.48. The molecule has 0 unspecified atom stereocenters. The summed E-state index contributed by atoms with van der Waals surface area (Å²) in [6.07, 6.45) is 2.77. The minimum Gasteiger partial charge on any atom is -0.425 e. The molecule has 2 aromatic rings. The molecule has 0 aliphatic rings. The maximum absolute atomic E-state index is 6.08. The Balaban J connectivity index is 2.14. The predicted molar refractivity (Wildman–Crippen MR) is 85.5 cm³/mol. The van der Waals surface area contributed by atoms with Crippen molar-refractivity contribution in [3.63, 3.8) is 0 Å². The summed E-state index contributed by atoms with van der Waals surface area (Å²) < 4.78 is 6.08. The van der Waals surface area contributed by atoms with Crippen molar-refractivity contribution in [2.24, 2.45) is 0 Å². The molecule has 0 N–H and O–H groups in total. The Labute approximate surface area is 122 Å². The fourth-order valence-corrected chi connectivity index (χ4v) is 2.43. The van der Waals surface area contributed by atoms with Crippen LogP contribution in [0.2, 0.25) is 6.32 Å². The van der Waals surface area contributed by atoms with Gasteiger partial charge < -0.3 is 4.65 Å². The third-order valence-corrected chi connectivity index (χ3v) is 3.76. The van der Waals surface area contributed by atoms with Gasteiger partial charge in [0.2, 0.25) is 0 Å². The van der Waals surface area contributed by atoms with Gasteiger partial charge in [-0.1, -0.05) is 30.7 Å². The second kappa shape index (κ2) is 6.71. The zero-order valence-corrected chi connectivity index (χ0v) is 12.8. The molecule has 0 saturated carbocycles. The summed E-state index contributed by atoms with van der Waals surface area (Å²) in [6.45, 7) is 9.33. The van der Waals surface area contributed by atoms with Gasteiger partial charge >= 0.3 is 6.92 Å². The Hall–Kier alpha value is -1.61. The highest BCUT2D eigenvalue weighted by Crippen LogP contribution is 2.11. The molecule has 1 aromatic heterocycles. The first-order valence-electron chi connectivity index (χ1n) is 7.21. The van der Waals surface area contributed by atoms with Gasteiger partial charge in [-0.05, 0) is 55.8 Å². The highest BCUT2D eigenvalue weighted by molar-refractivity contribution is 6.67. The molecule has 0 fully saturated rings. The molecule has 0 radical (unpaired) electrons. The molecule has 0 aliphatic heterocycles. The minimum atomic E-state index is 0.135. The molecule has 0 amide bonds. The molecule has 2 rings (SSSR count). The summed E-state index contributed by atoms with van der Waals surface area (Å²) in [6, 6.07) is 10.4. The highest BCUT2D eigenvalue weighted by Gasteiger charge is 2.19. The molecule has 0 bridgehead atoms. The lowest BCUT2D eigenvalue weighted by Crippen LogP contribution is -2.35. The van der Waals surface area contributed by atoms with Crippen LogP contribution in [0.25, 0.3) is 0 Å². The van der Waals surface area contributed by atoms with E-state index >= 15 is 0 Å². The molecule has 1 heterocycles. The van der Waals surface area contributed by atoms with Gasteiger partial charge in [-0.15, -0.1) is 0 Å². The Kier molecular flexibility index (Phi) is 4.97. The first-order valence-corrected chi connectivity index (χ1v) is 7.21. The van der Waals surface area contributed by atoms with Gasteiger partial charge in [-0.3, -0.25) is 4.98 Å². The molecule has 2 nitrogen and oxygen atoms in total. The van der Waals surface area contributed by atoms with Crippen LogP contribution in [0.5, 0.6) is 0 Å². The Morgan fingerprint density at radius 2 is 1.80 bits per heavy atom. The number of pyridine rings is 1. The second-order valence-corrected chi connectivity index (χ2v) is 5.32. The van der Waals surface area contributed by atoms with Crippen LogP contribution in [-0.4, -0.2) is 11.9 Å². The van der Waals surface area contributed by atoms with Crippen molar-refractivity contribution >= 4 is 12.4 Å². The molecule has 0 atom stereocenters. The van der Waals surface area contributed by atoms with Crippen molar-refractivity contribution in [2.75, 3.05) is 0 Å². The van der Waals surface area contributed by atoms with Crippen molar-refractivity contribution in [2.45, 2.75) is 40.6 Å². The number of hydrogen-bond acceptors (Lipinski definition) is 2. The second-order valence-electron chi connectivity index (χ2n) is 5.32. The van der Waals surface area contributed by atoms with Gasteiger partial charge in [0, 0.05) is 6.20 Å². The fraction of sp³-hybridized carbons (Fsp3) is 0.353. The lowest BCUT2D eigenvalue weighted by atomic mass is 9.57. The molecule has 0 aliphatic carbocycles. The van der Waals surface area contributed by atoms with Crippen LogP contribution in [0.4, 0.5) is 0 Å². The van der Waals surface area contributed by atoms with Crippen LogP contribution in [0, 0.1) is 20.8 Å². The van der Waals surface area contributed by atoms with E-state index in [1.165, 1.54) is 22.2 Å². The van der Waals surface area contributed by atoms with Crippen LogP contribution < -0.4 is 5.46 Å². The zero-order chi connectivity index (χ0) is 14.5. The molecule has 0 spiro atoms. The summed E-state index contributed by atoms with van der Waals surface area (Å²) in [7, 11) is 0. The van der Waals surface area contributed by atoms with E-state index in [-0.39, 0.29) is 6.92 Å². The van der Waals surface area contributed by atoms with Crippen LogP contribution in [0.3, 0.4) is 0 Å². The maximum atomic E-state index is 6.08. The van der Waals surface area contributed by atoms with Gasteiger partial charge in [-0.2, -0.15) is 0 Å². The monoisotopic (exact) mass is 267 g/mol. The lowest BCUT2D eigenvalue weighted by Gasteiger charge is -2.17. The van der Waals surface area contributed by atoms with E-state index in [0.29, 0.717) is 6.61 Å². The summed E-state index contributed by atoms with van der Waals surface area (Å²) in [5, 5.41) is 0. The minimum absolute atomic E-state index is 0.135. The van der Waals surface area contributed by atoms with E-state index < -0.39 is 0 Å². The van der Waals surface area contributed by atoms with E-state index in [1.807, 2.05) is 18.2 Å². The van der Waals surface area contributed by atoms with Crippen molar-refractivity contribution in [3.8, 4) is 0 Å². The molecule has 3 heteroatoms. The summed E-state index contributed by atoms with van der Waals surface area (Å²) in [4.78, 5) is 4.31. The van der Waals surface area contributed by atoms with E-state index in [4.69, 9.17) is 4.65 Å². The van der Waals surface area contributed by atoms with Gasteiger partial charge in [0.1, 0.15) is 0 Å². The van der Waals surface area contributed by atoms with Crippen molar-refractivity contribution in [3.05, 3.63) is 58.9 Å². The number of aryl methyl sites for hydroxylation is 3. The van der Waals surface area contributed by atoms with Gasteiger partial charge in [0.15, 0.2) is 0 Å². The van der Waals surface area contributed by atoms with Crippen molar-refractivity contribution < 1.29 is 4.65 Å². The molecule has 20 heavy (non-hydrogen) atoms. The molecule has 1 aromatic carbocycles. The average Bonchev–Trinajstić information content (AvgIpc) is 2.46. The number of benzene rings is 1. The van der Waals surface area contributed by atoms with E-state index in [2.05, 4.69) is 44.8 Å². The molecular formula is C17H22BNO. The average molecular weight is 267 g/mol. The van der Waals surface area contributed by atoms with Crippen LogP contribution in [0.1, 0.15) is 29.3 Å². The number of nitrogens with zero attached hydrogens (tertiary/aromatic N) is 1. The van der Waals surface area contributed by atoms with E-state index in [9.17, 15) is 0 Å². The predicted octanol–water partition coefficient (Wildman–Crippen LogP) is 3.44. The largest absolute Gasteiger partial charge is 0.425 e. The van der Waals surface area contributed by atoms with Crippen molar-refractivity contribution in [1.29, 1.82) is 0 Å². The SMILES string of the molecule is CCB(OCc1ccccn1)c1cc(C)c(C)cc1C.